The van der Waals surface area contributed by atoms with E-state index in [9.17, 15) is 49.9 Å². The van der Waals surface area contributed by atoms with Crippen molar-refractivity contribution < 1.29 is 45.4 Å². The molecule has 1 aromatic carbocycles. The van der Waals surface area contributed by atoms with E-state index in [2.05, 4.69) is 0 Å². The lowest BCUT2D eigenvalue weighted by Crippen LogP contribution is -2.41. The molecule has 2 rings (SSSR count). The highest BCUT2D eigenvalue weighted by Crippen LogP contribution is 2.33. The molecule has 1 amide bonds. The summed E-state index contributed by atoms with van der Waals surface area (Å²) in [4.78, 5) is 47.2. The second-order valence-electron chi connectivity index (χ2n) is 6.91. The number of carbonyl (C=O) groups excluding carboxylic acids is 1. The van der Waals surface area contributed by atoms with Crippen LogP contribution in [0, 0.1) is 11.7 Å². The first-order valence-electron chi connectivity index (χ1n) is 8.91. The van der Waals surface area contributed by atoms with Crippen molar-refractivity contribution in [1.29, 1.82) is 0 Å². The van der Waals surface area contributed by atoms with Crippen LogP contribution in [0.25, 0.3) is 5.69 Å². The van der Waals surface area contributed by atoms with Gasteiger partial charge >= 0.3 is 24.0 Å². The highest BCUT2D eigenvalue weighted by atomic mass is 35.5. The van der Waals surface area contributed by atoms with Crippen LogP contribution < -0.4 is 16.6 Å². The minimum atomic E-state index is -5.09. The summed E-state index contributed by atoms with van der Waals surface area (Å²) in [5, 5.41) is 9.89. The Kier molecular flexibility index (Phi) is 7.50. The Balaban J connectivity index is 2.51. The van der Waals surface area contributed by atoms with Gasteiger partial charge in [-0.15, -0.1) is 0 Å². The van der Waals surface area contributed by atoms with E-state index < -0.39 is 82.1 Å². The van der Waals surface area contributed by atoms with Crippen LogP contribution in [0.2, 0.25) is 5.02 Å². The molecule has 1 aromatic heterocycles. The van der Waals surface area contributed by atoms with Crippen molar-refractivity contribution in [3.8, 4) is 5.69 Å². The van der Waals surface area contributed by atoms with Crippen molar-refractivity contribution in [2.75, 3.05) is 5.32 Å². The number of aliphatic carboxylic acids is 1. The number of carboxylic acids is 1. The number of hydrogen-bond acceptors (Lipinski definition) is 4. The molecule has 0 bridgehead atoms. The summed E-state index contributed by atoms with van der Waals surface area (Å²) in [6, 6.07) is 1.05. The predicted molar refractivity (Wildman–Crippen MR) is 102 cm³/mol. The molecule has 1 unspecified atom stereocenters. The molecule has 0 spiro atoms. The molecule has 2 aromatic rings. The zero-order valence-electron chi connectivity index (χ0n) is 16.7. The monoisotopic (exact) mass is 519 g/mol. The Labute approximate surface area is 189 Å². The van der Waals surface area contributed by atoms with Crippen molar-refractivity contribution in [3.63, 3.8) is 0 Å². The highest BCUT2D eigenvalue weighted by Gasteiger charge is 2.42. The average Bonchev–Trinajstić information content (AvgIpc) is 2.65. The summed E-state index contributed by atoms with van der Waals surface area (Å²) in [5.41, 5.74) is -6.37. The fraction of sp³-hybridized carbons (Fsp3) is 0.333. The van der Waals surface area contributed by atoms with Crippen LogP contribution in [0.3, 0.4) is 0 Å². The number of hydrogen-bond donors (Lipinski definition) is 2. The van der Waals surface area contributed by atoms with Crippen LogP contribution in [0.4, 0.5) is 36.4 Å². The number of nitrogens with one attached hydrogen (secondary N) is 1. The third kappa shape index (κ3) is 5.95. The van der Waals surface area contributed by atoms with Crippen molar-refractivity contribution in [3.05, 3.63) is 55.6 Å². The van der Waals surface area contributed by atoms with Gasteiger partial charge in [0.05, 0.1) is 28.7 Å². The third-order valence-corrected chi connectivity index (χ3v) is 4.79. The smallest absolute Gasteiger partial charge is 0.431 e. The number of amides is 1. The van der Waals surface area contributed by atoms with Crippen LogP contribution in [-0.2, 0) is 22.8 Å². The van der Waals surface area contributed by atoms with E-state index in [0.29, 0.717) is 19.2 Å². The molecular formula is C18H13ClF7N3O5. The zero-order valence-corrected chi connectivity index (χ0v) is 17.5. The van der Waals surface area contributed by atoms with Gasteiger partial charge in [-0.05, 0) is 12.1 Å². The zero-order chi connectivity index (χ0) is 26.2. The standard InChI is InChI=1S/C18H13ClF7N3O5/c1-28-12(18(24,25)26)6-14(31)29(16(28)34)11-5-10(8(19)4-9(11)20)27-13(30)2-7(3-15(32)33)17(21,22)23/h4-7H,2-3H2,1H3,(H,27,30)(H,32,33). The van der Waals surface area contributed by atoms with E-state index in [-0.39, 0.29) is 15.2 Å². The maximum absolute atomic E-state index is 14.4. The van der Waals surface area contributed by atoms with E-state index in [1.807, 2.05) is 5.32 Å². The summed E-state index contributed by atoms with van der Waals surface area (Å²) >= 11 is 5.75. The van der Waals surface area contributed by atoms with Crippen LogP contribution in [0.1, 0.15) is 18.5 Å². The largest absolute Gasteiger partial charge is 0.481 e. The second-order valence-corrected chi connectivity index (χ2v) is 7.32. The molecule has 0 saturated heterocycles. The lowest BCUT2D eigenvalue weighted by molar-refractivity contribution is -0.185. The summed E-state index contributed by atoms with van der Waals surface area (Å²) in [6.07, 6.45) is -12.9. The Morgan fingerprint density at radius 3 is 2.18 bits per heavy atom. The first-order valence-corrected chi connectivity index (χ1v) is 9.29. The van der Waals surface area contributed by atoms with Gasteiger partial charge in [0.25, 0.3) is 5.56 Å². The number of alkyl halides is 6. The van der Waals surface area contributed by atoms with Crippen molar-refractivity contribution in [1.82, 2.24) is 9.13 Å². The molecule has 186 valence electrons. The molecule has 1 atom stereocenters. The van der Waals surface area contributed by atoms with E-state index in [1.165, 1.54) is 0 Å². The molecule has 8 nitrogen and oxygen atoms in total. The number of rotatable bonds is 6. The summed E-state index contributed by atoms with van der Waals surface area (Å²) in [7, 11) is 0.664. The minimum Gasteiger partial charge on any atom is -0.481 e. The summed E-state index contributed by atoms with van der Waals surface area (Å²) in [6.45, 7) is 0. The average molecular weight is 520 g/mol. The first kappa shape index (κ1) is 26.9. The quantitative estimate of drug-likeness (QED) is 0.569. The molecule has 16 heteroatoms. The number of halogens is 8. The maximum atomic E-state index is 14.4. The van der Waals surface area contributed by atoms with Crippen molar-refractivity contribution in [2.24, 2.45) is 13.0 Å². The molecule has 0 radical (unpaired) electrons. The number of carboxylic acid groups (broad SMARTS) is 1. The first-order chi connectivity index (χ1) is 15.4. The van der Waals surface area contributed by atoms with Crippen LogP contribution in [0.15, 0.2) is 27.8 Å². The fourth-order valence-corrected chi connectivity index (χ4v) is 3.06. The molecule has 0 saturated carbocycles. The topological polar surface area (TPSA) is 110 Å². The van der Waals surface area contributed by atoms with Gasteiger partial charge in [0.1, 0.15) is 11.5 Å². The molecule has 0 aliphatic rings. The molecule has 0 aliphatic carbocycles. The number of nitrogens with zero attached hydrogens (tertiary/aromatic N) is 2. The number of anilines is 1. The van der Waals surface area contributed by atoms with Gasteiger partial charge in [-0.1, -0.05) is 11.6 Å². The van der Waals surface area contributed by atoms with E-state index in [0.717, 1.165) is 0 Å². The number of benzene rings is 1. The van der Waals surface area contributed by atoms with Crippen LogP contribution in [-0.4, -0.2) is 32.3 Å². The van der Waals surface area contributed by atoms with Crippen molar-refractivity contribution >= 4 is 29.2 Å². The van der Waals surface area contributed by atoms with E-state index >= 15 is 0 Å². The molecule has 34 heavy (non-hydrogen) atoms. The third-order valence-electron chi connectivity index (χ3n) is 4.48. The molecule has 2 N–H and O–H groups in total. The SMILES string of the molecule is Cn1c(C(F)(F)F)cc(=O)n(-c2cc(NC(=O)CC(CC(=O)O)C(F)(F)F)c(Cl)cc2F)c1=O. The summed E-state index contributed by atoms with van der Waals surface area (Å²) in [5.74, 6) is -7.17. The second kappa shape index (κ2) is 9.48. The Morgan fingerprint density at radius 1 is 1.09 bits per heavy atom. The van der Waals surface area contributed by atoms with Gasteiger partial charge in [0.2, 0.25) is 5.91 Å². The predicted octanol–water partition coefficient (Wildman–Crippen LogP) is 3.33. The summed E-state index contributed by atoms with van der Waals surface area (Å²) < 4.78 is 92.3. The normalized spacial score (nSPS) is 13.0. The van der Waals surface area contributed by atoms with Gasteiger partial charge in [-0.25, -0.2) is 13.8 Å². The molecule has 0 aliphatic heterocycles. The number of aromatic nitrogens is 2. The minimum absolute atomic E-state index is 0.000492. The van der Waals surface area contributed by atoms with Gasteiger partial charge in [-0.3, -0.25) is 19.0 Å². The Hall–Kier alpha value is -3.36. The number of carbonyl (C=O) groups is 2. The van der Waals surface area contributed by atoms with E-state index in [4.69, 9.17) is 16.7 Å². The van der Waals surface area contributed by atoms with Gasteiger partial charge in [0, 0.05) is 19.5 Å². The molecule has 1 heterocycles. The van der Waals surface area contributed by atoms with Crippen molar-refractivity contribution in [2.45, 2.75) is 25.2 Å². The fourth-order valence-electron chi connectivity index (χ4n) is 2.86. The molecule has 0 fully saturated rings. The van der Waals surface area contributed by atoms with Gasteiger partial charge in [-0.2, -0.15) is 26.3 Å². The lowest BCUT2D eigenvalue weighted by Gasteiger charge is -2.19. The maximum Gasteiger partial charge on any atom is 0.431 e. The van der Waals surface area contributed by atoms with Crippen LogP contribution >= 0.6 is 11.6 Å². The molecular weight excluding hydrogens is 507 g/mol. The highest BCUT2D eigenvalue weighted by molar-refractivity contribution is 6.33. The van der Waals surface area contributed by atoms with E-state index in [1.54, 1.807) is 0 Å². The lowest BCUT2D eigenvalue weighted by atomic mass is 10.0. The van der Waals surface area contributed by atoms with Gasteiger partial charge < -0.3 is 10.4 Å². The Bertz CT molecular complexity index is 1250. The van der Waals surface area contributed by atoms with Crippen LogP contribution in [0.5, 0.6) is 0 Å². The van der Waals surface area contributed by atoms with Gasteiger partial charge in [0.15, 0.2) is 0 Å². The Morgan fingerprint density at radius 2 is 1.68 bits per heavy atom.